The number of benzene rings is 1. The molecule has 2 rings (SSSR count). The van der Waals surface area contributed by atoms with Crippen molar-refractivity contribution in [2.45, 2.75) is 0 Å². The van der Waals surface area contributed by atoms with Crippen LogP contribution in [0.25, 0.3) is 0 Å². The fraction of sp³-hybridized carbons (Fsp3) is 0.200. The van der Waals surface area contributed by atoms with Gasteiger partial charge in [-0.2, -0.15) is 0 Å². The molecule has 0 saturated heterocycles. The van der Waals surface area contributed by atoms with E-state index in [0.717, 1.165) is 0 Å². The number of esters is 1. The number of ether oxygens (including phenoxy) is 3. The molecule has 0 bridgehead atoms. The maximum absolute atomic E-state index is 11.5. The molecule has 2 aromatic rings. The van der Waals surface area contributed by atoms with Crippen molar-refractivity contribution in [1.29, 1.82) is 0 Å². The number of nitro groups is 1. The Morgan fingerprint density at radius 2 is 1.87 bits per heavy atom. The molecule has 0 N–H and O–H groups in total. The third kappa shape index (κ3) is 5.27. The predicted molar refractivity (Wildman–Crippen MR) is 79.3 cm³/mol. The lowest BCUT2D eigenvalue weighted by Crippen LogP contribution is -2.18. The van der Waals surface area contributed by atoms with Gasteiger partial charge in [-0.15, -0.1) is 0 Å². The van der Waals surface area contributed by atoms with Crippen LogP contribution in [-0.2, 0) is 9.53 Å². The molecule has 0 aliphatic rings. The molecule has 8 nitrogen and oxygen atoms in total. The second-order valence-corrected chi connectivity index (χ2v) is 4.25. The lowest BCUT2D eigenvalue weighted by molar-refractivity contribution is -0.390. The fourth-order valence-corrected chi connectivity index (χ4v) is 1.64. The van der Waals surface area contributed by atoms with Crippen molar-refractivity contribution in [2.75, 3.05) is 19.8 Å². The number of carbonyl (C=O) groups is 1. The summed E-state index contributed by atoms with van der Waals surface area (Å²) in [6.07, 6.45) is 1.27. The van der Waals surface area contributed by atoms with Gasteiger partial charge in [-0.1, -0.05) is 18.2 Å². The van der Waals surface area contributed by atoms with E-state index < -0.39 is 23.3 Å². The summed E-state index contributed by atoms with van der Waals surface area (Å²) in [5.74, 6) is -0.520. The average Bonchev–Trinajstić information content (AvgIpc) is 2.58. The molecular formula is C15H14N2O6. The molecule has 0 atom stereocenters. The number of nitrogens with zero attached hydrogens (tertiary/aromatic N) is 2. The van der Waals surface area contributed by atoms with Gasteiger partial charge in [0.2, 0.25) is 5.75 Å². The number of aromatic nitrogens is 1. The van der Waals surface area contributed by atoms with Crippen LogP contribution in [0.1, 0.15) is 0 Å². The summed E-state index contributed by atoms with van der Waals surface area (Å²) < 4.78 is 15.3. The highest BCUT2D eigenvalue weighted by atomic mass is 16.6. The van der Waals surface area contributed by atoms with E-state index in [4.69, 9.17) is 14.2 Å². The first-order chi connectivity index (χ1) is 11.2. The minimum atomic E-state index is -0.686. The van der Waals surface area contributed by atoms with Gasteiger partial charge in [-0.05, 0) is 34.2 Å². The molecule has 1 heterocycles. The zero-order chi connectivity index (χ0) is 16.5. The van der Waals surface area contributed by atoms with Crippen molar-refractivity contribution >= 4 is 11.8 Å². The minimum absolute atomic E-state index is 0.0478. The summed E-state index contributed by atoms with van der Waals surface area (Å²) in [7, 11) is 0. The first-order valence-corrected chi connectivity index (χ1v) is 6.72. The van der Waals surface area contributed by atoms with Crippen LogP contribution in [-0.4, -0.2) is 35.7 Å². The maximum atomic E-state index is 11.5. The highest BCUT2D eigenvalue weighted by Gasteiger charge is 2.16. The van der Waals surface area contributed by atoms with Crippen LogP contribution < -0.4 is 9.47 Å². The van der Waals surface area contributed by atoms with Gasteiger partial charge in [0.05, 0.1) is 0 Å². The molecule has 1 aromatic heterocycles. The third-order valence-electron chi connectivity index (χ3n) is 2.63. The summed E-state index contributed by atoms with van der Waals surface area (Å²) in [6.45, 7) is -0.202. The van der Waals surface area contributed by atoms with Gasteiger partial charge in [0.1, 0.15) is 25.2 Å². The lowest BCUT2D eigenvalue weighted by atomic mass is 10.3. The molecule has 0 aliphatic heterocycles. The van der Waals surface area contributed by atoms with E-state index in [9.17, 15) is 14.9 Å². The van der Waals surface area contributed by atoms with Crippen molar-refractivity contribution in [1.82, 2.24) is 4.98 Å². The monoisotopic (exact) mass is 318 g/mol. The van der Waals surface area contributed by atoms with Crippen molar-refractivity contribution < 1.29 is 23.9 Å². The van der Waals surface area contributed by atoms with Gasteiger partial charge in [-0.25, -0.2) is 4.79 Å². The number of pyridine rings is 1. The van der Waals surface area contributed by atoms with Crippen LogP contribution in [0.4, 0.5) is 5.82 Å². The summed E-state index contributed by atoms with van der Waals surface area (Å²) in [5.41, 5.74) is 0. The van der Waals surface area contributed by atoms with Crippen LogP contribution in [0.5, 0.6) is 11.5 Å². The maximum Gasteiger partial charge on any atom is 0.406 e. The number of para-hydroxylation sites is 1. The number of hydrogen-bond acceptors (Lipinski definition) is 7. The topological polar surface area (TPSA) is 101 Å². The Morgan fingerprint density at radius 3 is 2.61 bits per heavy atom. The van der Waals surface area contributed by atoms with Gasteiger partial charge >= 0.3 is 11.8 Å². The van der Waals surface area contributed by atoms with Crippen molar-refractivity contribution in [2.24, 2.45) is 0 Å². The smallest absolute Gasteiger partial charge is 0.406 e. The SMILES string of the molecule is O=C(COc1cccnc1[N+](=O)[O-])OCCOc1ccccc1. The first-order valence-electron chi connectivity index (χ1n) is 6.72. The molecule has 0 spiro atoms. The standard InChI is InChI=1S/C15H14N2O6/c18-14(22-10-9-21-12-5-2-1-3-6-12)11-23-13-7-4-8-16-15(13)17(19)20/h1-8H,9-11H2. The Hall–Kier alpha value is -3.16. The zero-order valence-electron chi connectivity index (χ0n) is 12.1. The van der Waals surface area contributed by atoms with Crippen LogP contribution in [0.15, 0.2) is 48.7 Å². The van der Waals surface area contributed by atoms with Crippen LogP contribution >= 0.6 is 0 Å². The number of rotatable bonds is 8. The van der Waals surface area contributed by atoms with Crippen LogP contribution in [0, 0.1) is 10.1 Å². The molecule has 8 heteroatoms. The van der Waals surface area contributed by atoms with E-state index in [0.29, 0.717) is 5.75 Å². The molecule has 1 aromatic carbocycles. The summed E-state index contributed by atoms with van der Waals surface area (Å²) in [5, 5.41) is 10.7. The average molecular weight is 318 g/mol. The van der Waals surface area contributed by atoms with E-state index in [1.807, 2.05) is 18.2 Å². The van der Waals surface area contributed by atoms with Gasteiger partial charge < -0.3 is 24.3 Å². The van der Waals surface area contributed by atoms with Crippen LogP contribution in [0.3, 0.4) is 0 Å². The normalized spacial score (nSPS) is 9.91. The Morgan fingerprint density at radius 1 is 1.09 bits per heavy atom. The summed E-state index contributed by atoms with van der Waals surface area (Å²) >= 11 is 0. The Kier molecular flexibility index (Phi) is 5.87. The zero-order valence-corrected chi connectivity index (χ0v) is 12.1. The van der Waals surface area contributed by atoms with E-state index in [1.54, 1.807) is 12.1 Å². The van der Waals surface area contributed by atoms with E-state index in [2.05, 4.69) is 4.98 Å². The van der Waals surface area contributed by atoms with E-state index in [-0.39, 0.29) is 19.0 Å². The minimum Gasteiger partial charge on any atom is -0.490 e. The molecule has 120 valence electrons. The Balaban J connectivity index is 1.70. The van der Waals surface area contributed by atoms with Crippen molar-refractivity contribution in [3.05, 3.63) is 58.8 Å². The third-order valence-corrected chi connectivity index (χ3v) is 2.63. The lowest BCUT2D eigenvalue weighted by Gasteiger charge is -2.08. The summed E-state index contributed by atoms with van der Waals surface area (Å²) in [6, 6.07) is 11.9. The van der Waals surface area contributed by atoms with Gasteiger partial charge in [0.25, 0.3) is 0 Å². The molecular weight excluding hydrogens is 304 g/mol. The quantitative estimate of drug-likeness (QED) is 0.317. The second kappa shape index (κ2) is 8.32. The number of hydrogen-bond donors (Lipinski definition) is 0. The molecule has 23 heavy (non-hydrogen) atoms. The van der Waals surface area contributed by atoms with Crippen molar-refractivity contribution in [3.8, 4) is 11.5 Å². The highest BCUT2D eigenvalue weighted by Crippen LogP contribution is 2.22. The van der Waals surface area contributed by atoms with Crippen molar-refractivity contribution in [3.63, 3.8) is 0 Å². The molecule has 0 radical (unpaired) electrons. The Labute approximate surface area is 131 Å². The molecule has 0 unspecified atom stereocenters. The van der Waals surface area contributed by atoms with Crippen LogP contribution in [0.2, 0.25) is 0 Å². The van der Waals surface area contributed by atoms with Gasteiger partial charge in [0.15, 0.2) is 6.61 Å². The number of carbonyl (C=O) groups excluding carboxylic acids is 1. The summed E-state index contributed by atoms with van der Waals surface area (Å²) in [4.78, 5) is 25.1. The molecule has 0 amide bonds. The largest absolute Gasteiger partial charge is 0.490 e. The Bertz CT molecular complexity index is 662. The highest BCUT2D eigenvalue weighted by molar-refractivity contribution is 5.71. The van der Waals surface area contributed by atoms with Gasteiger partial charge in [-0.3, -0.25) is 0 Å². The van der Waals surface area contributed by atoms with Gasteiger partial charge in [0, 0.05) is 0 Å². The molecule has 0 saturated carbocycles. The first kappa shape index (κ1) is 16.2. The van der Waals surface area contributed by atoms with E-state index >= 15 is 0 Å². The molecule has 0 fully saturated rings. The molecule has 0 aliphatic carbocycles. The van der Waals surface area contributed by atoms with E-state index in [1.165, 1.54) is 18.3 Å². The predicted octanol–water partition coefficient (Wildman–Crippen LogP) is 1.99. The fourth-order valence-electron chi connectivity index (χ4n) is 1.64. The second-order valence-electron chi connectivity index (χ2n) is 4.25.